The van der Waals surface area contributed by atoms with Crippen molar-refractivity contribution in [3.8, 4) is 5.82 Å². The van der Waals surface area contributed by atoms with Gasteiger partial charge in [0.1, 0.15) is 5.56 Å². The summed E-state index contributed by atoms with van der Waals surface area (Å²) in [6, 6.07) is 1.67. The standard InChI is InChI=1S/C15H19N3O4/c1-9-10(2)17(3)16-13(9)18-7-6-11(8-21-4)12(14(18)19)15(20)22-5/h6-7H,8H2,1-5H3. The summed E-state index contributed by atoms with van der Waals surface area (Å²) in [7, 11) is 4.54. The summed E-state index contributed by atoms with van der Waals surface area (Å²) in [5, 5.41) is 4.34. The molecular weight excluding hydrogens is 286 g/mol. The molecule has 118 valence electrons. The SMILES string of the molecule is COCc1ccn(-c2nn(C)c(C)c2C)c(=O)c1C(=O)OC. The third kappa shape index (κ3) is 2.55. The minimum Gasteiger partial charge on any atom is -0.465 e. The molecule has 2 aromatic rings. The zero-order valence-electron chi connectivity index (χ0n) is 13.3. The Labute approximate surface area is 128 Å². The van der Waals surface area contributed by atoms with Gasteiger partial charge in [0.05, 0.1) is 13.7 Å². The number of rotatable bonds is 4. The number of hydrogen-bond donors (Lipinski definition) is 0. The highest BCUT2D eigenvalue weighted by Gasteiger charge is 2.21. The molecule has 0 atom stereocenters. The summed E-state index contributed by atoms with van der Waals surface area (Å²) in [5.41, 5.74) is 1.81. The van der Waals surface area contributed by atoms with E-state index in [0.29, 0.717) is 11.4 Å². The number of aryl methyl sites for hydroxylation is 1. The first-order valence-electron chi connectivity index (χ1n) is 6.74. The van der Waals surface area contributed by atoms with E-state index in [1.807, 2.05) is 13.8 Å². The van der Waals surface area contributed by atoms with Crippen LogP contribution in [0.4, 0.5) is 0 Å². The number of hydrogen-bond acceptors (Lipinski definition) is 5. The van der Waals surface area contributed by atoms with Gasteiger partial charge < -0.3 is 9.47 Å². The van der Waals surface area contributed by atoms with Gasteiger partial charge in [0.2, 0.25) is 0 Å². The molecule has 0 aliphatic carbocycles. The number of methoxy groups -OCH3 is 2. The smallest absolute Gasteiger partial charge is 0.343 e. The summed E-state index contributed by atoms with van der Waals surface area (Å²) in [5.74, 6) is -0.184. The van der Waals surface area contributed by atoms with Crippen molar-refractivity contribution < 1.29 is 14.3 Å². The first-order valence-corrected chi connectivity index (χ1v) is 6.74. The first kappa shape index (κ1) is 16.0. The van der Waals surface area contributed by atoms with Gasteiger partial charge in [0, 0.05) is 31.6 Å². The van der Waals surface area contributed by atoms with Crippen LogP contribution in [-0.2, 0) is 23.1 Å². The van der Waals surface area contributed by atoms with Crippen molar-refractivity contribution in [1.82, 2.24) is 14.3 Å². The van der Waals surface area contributed by atoms with E-state index in [4.69, 9.17) is 9.47 Å². The zero-order chi connectivity index (χ0) is 16.4. The molecule has 0 aliphatic heterocycles. The van der Waals surface area contributed by atoms with Crippen LogP contribution >= 0.6 is 0 Å². The molecule has 0 spiro atoms. The number of aromatic nitrogens is 3. The predicted molar refractivity (Wildman–Crippen MR) is 80.3 cm³/mol. The highest BCUT2D eigenvalue weighted by Crippen LogP contribution is 2.16. The van der Waals surface area contributed by atoms with Gasteiger partial charge in [0.15, 0.2) is 5.82 Å². The molecule has 7 heteroatoms. The maximum Gasteiger partial charge on any atom is 0.343 e. The van der Waals surface area contributed by atoms with Gasteiger partial charge in [-0.15, -0.1) is 0 Å². The van der Waals surface area contributed by atoms with E-state index >= 15 is 0 Å². The Kier molecular flexibility index (Phi) is 4.46. The van der Waals surface area contributed by atoms with Gasteiger partial charge in [-0.25, -0.2) is 4.79 Å². The van der Waals surface area contributed by atoms with Crippen molar-refractivity contribution in [2.45, 2.75) is 20.5 Å². The summed E-state index contributed by atoms with van der Waals surface area (Å²) in [6.45, 7) is 3.95. The summed E-state index contributed by atoms with van der Waals surface area (Å²) < 4.78 is 12.8. The van der Waals surface area contributed by atoms with Gasteiger partial charge in [-0.05, 0) is 25.5 Å². The second kappa shape index (κ2) is 6.15. The van der Waals surface area contributed by atoms with Crippen LogP contribution in [0.15, 0.2) is 17.1 Å². The van der Waals surface area contributed by atoms with E-state index in [0.717, 1.165) is 11.3 Å². The third-order valence-electron chi connectivity index (χ3n) is 3.70. The Morgan fingerprint density at radius 2 is 2.00 bits per heavy atom. The minimum atomic E-state index is -0.684. The molecule has 0 saturated carbocycles. The molecule has 0 bridgehead atoms. The third-order valence-corrected chi connectivity index (χ3v) is 3.70. The highest BCUT2D eigenvalue weighted by molar-refractivity contribution is 5.90. The maximum absolute atomic E-state index is 12.7. The van der Waals surface area contributed by atoms with Crippen molar-refractivity contribution in [3.63, 3.8) is 0 Å². The second-order valence-corrected chi connectivity index (χ2v) is 4.97. The van der Waals surface area contributed by atoms with E-state index in [-0.39, 0.29) is 12.2 Å². The van der Waals surface area contributed by atoms with Gasteiger partial charge in [0.25, 0.3) is 5.56 Å². The average Bonchev–Trinajstić information content (AvgIpc) is 2.75. The summed E-state index contributed by atoms with van der Waals surface area (Å²) in [4.78, 5) is 24.6. The molecule has 0 fully saturated rings. The predicted octanol–water partition coefficient (Wildman–Crippen LogP) is 1.12. The monoisotopic (exact) mass is 305 g/mol. The van der Waals surface area contributed by atoms with Crippen LogP contribution in [0.5, 0.6) is 0 Å². The zero-order valence-corrected chi connectivity index (χ0v) is 13.3. The van der Waals surface area contributed by atoms with Crippen LogP contribution in [-0.4, -0.2) is 34.5 Å². The quantitative estimate of drug-likeness (QED) is 0.791. The van der Waals surface area contributed by atoms with Crippen LogP contribution in [0.25, 0.3) is 5.82 Å². The topological polar surface area (TPSA) is 75.4 Å². The summed E-state index contributed by atoms with van der Waals surface area (Å²) in [6.07, 6.45) is 1.60. The van der Waals surface area contributed by atoms with E-state index in [1.54, 1.807) is 24.0 Å². The Bertz CT molecular complexity index is 774. The Morgan fingerprint density at radius 1 is 1.32 bits per heavy atom. The number of ether oxygens (including phenoxy) is 2. The number of carbonyl (C=O) groups excluding carboxylic acids is 1. The van der Waals surface area contributed by atoms with Crippen LogP contribution in [0.3, 0.4) is 0 Å². The fourth-order valence-electron chi connectivity index (χ4n) is 2.26. The van der Waals surface area contributed by atoms with Crippen molar-refractivity contribution in [1.29, 1.82) is 0 Å². The lowest BCUT2D eigenvalue weighted by Gasteiger charge is -2.10. The van der Waals surface area contributed by atoms with E-state index in [2.05, 4.69) is 5.10 Å². The molecule has 0 unspecified atom stereocenters. The van der Waals surface area contributed by atoms with E-state index < -0.39 is 11.5 Å². The normalized spacial score (nSPS) is 10.8. The molecule has 0 radical (unpaired) electrons. The van der Waals surface area contributed by atoms with Gasteiger partial charge in [-0.2, -0.15) is 5.10 Å². The molecule has 2 rings (SSSR count). The fourth-order valence-corrected chi connectivity index (χ4v) is 2.26. The van der Waals surface area contributed by atoms with E-state index in [1.165, 1.54) is 18.8 Å². The number of esters is 1. The molecule has 0 aliphatic rings. The van der Waals surface area contributed by atoms with Gasteiger partial charge >= 0.3 is 5.97 Å². The van der Waals surface area contributed by atoms with Crippen LogP contribution < -0.4 is 5.56 Å². The molecule has 2 heterocycles. The van der Waals surface area contributed by atoms with Gasteiger partial charge in [-0.3, -0.25) is 14.0 Å². The highest BCUT2D eigenvalue weighted by atomic mass is 16.5. The first-order chi connectivity index (χ1) is 10.4. The lowest BCUT2D eigenvalue weighted by molar-refractivity contribution is 0.0593. The van der Waals surface area contributed by atoms with Crippen molar-refractivity contribution in [2.24, 2.45) is 7.05 Å². The van der Waals surface area contributed by atoms with Crippen LogP contribution in [0.2, 0.25) is 0 Å². The molecule has 0 aromatic carbocycles. The van der Waals surface area contributed by atoms with Crippen molar-refractivity contribution >= 4 is 5.97 Å². The number of pyridine rings is 1. The Balaban J connectivity index is 2.71. The Hall–Kier alpha value is -2.41. The van der Waals surface area contributed by atoms with Gasteiger partial charge in [-0.1, -0.05) is 0 Å². The number of carbonyl (C=O) groups is 1. The molecule has 2 aromatic heterocycles. The van der Waals surface area contributed by atoms with Crippen LogP contribution in [0, 0.1) is 13.8 Å². The molecule has 22 heavy (non-hydrogen) atoms. The molecule has 0 amide bonds. The maximum atomic E-state index is 12.7. The fraction of sp³-hybridized carbons (Fsp3) is 0.400. The van der Waals surface area contributed by atoms with Crippen molar-refractivity contribution in [3.05, 3.63) is 45.0 Å². The summed E-state index contributed by atoms with van der Waals surface area (Å²) >= 11 is 0. The average molecular weight is 305 g/mol. The Morgan fingerprint density at radius 3 is 2.50 bits per heavy atom. The molecule has 7 nitrogen and oxygen atoms in total. The molecule has 0 N–H and O–H groups in total. The largest absolute Gasteiger partial charge is 0.465 e. The lowest BCUT2D eigenvalue weighted by Crippen LogP contribution is -2.28. The lowest BCUT2D eigenvalue weighted by atomic mass is 10.1. The minimum absolute atomic E-state index is 0.0328. The van der Waals surface area contributed by atoms with Crippen LogP contribution in [0.1, 0.15) is 27.2 Å². The molecular formula is C15H19N3O4. The molecule has 0 saturated heterocycles. The number of nitrogens with zero attached hydrogens (tertiary/aromatic N) is 3. The van der Waals surface area contributed by atoms with Crippen molar-refractivity contribution in [2.75, 3.05) is 14.2 Å². The van der Waals surface area contributed by atoms with E-state index in [9.17, 15) is 9.59 Å². The second-order valence-electron chi connectivity index (χ2n) is 4.97.